The van der Waals surface area contributed by atoms with E-state index >= 15 is 0 Å². The molecular formula is C18BF15N2. The molecule has 0 fully saturated rings. The molecule has 3 aromatic carbocycles. The molecule has 0 heterocycles. The van der Waals surface area contributed by atoms with Gasteiger partial charge in [-0.25, -0.2) is 65.9 Å². The van der Waals surface area contributed by atoms with Gasteiger partial charge >= 0.3 is 6.28 Å². The van der Waals surface area contributed by atoms with Crippen LogP contribution in [-0.2, 0) is 0 Å². The molecule has 0 aliphatic heterocycles. The Kier molecular flexibility index (Phi) is 6.41. The number of rotatable bonds is 3. The first-order chi connectivity index (χ1) is 16.6. The second kappa shape index (κ2) is 8.64. The van der Waals surface area contributed by atoms with Gasteiger partial charge in [-0.1, -0.05) is 0 Å². The number of hydrogen-bond acceptors (Lipinski definition) is 1. The van der Waals surface area contributed by atoms with Crippen LogP contribution >= 0.6 is 0 Å². The zero-order valence-corrected chi connectivity index (χ0v) is 16.1. The lowest BCUT2D eigenvalue weighted by atomic mass is 9.24. The molecule has 3 rings (SSSR count). The summed E-state index contributed by atoms with van der Waals surface area (Å²) in [5, 5.41) is 9.47. The van der Waals surface area contributed by atoms with E-state index in [2.05, 4.69) is 0 Å². The summed E-state index contributed by atoms with van der Waals surface area (Å²) in [6.07, 6.45) is -6.22. The van der Waals surface area contributed by atoms with Crippen LogP contribution in [0.25, 0.3) is 4.89 Å². The van der Waals surface area contributed by atoms with Crippen LogP contribution in [0.1, 0.15) is 0 Å². The van der Waals surface area contributed by atoms with Gasteiger partial charge in [-0.3, -0.25) is 0 Å². The number of nitrogens with zero attached hydrogens (tertiary/aromatic N) is 2. The monoisotopic (exact) mass is 540 g/mol. The summed E-state index contributed by atoms with van der Waals surface area (Å²) in [7, 11) is 0. The molecule has 0 radical (unpaired) electrons. The Balaban J connectivity index is 2.86. The highest BCUT2D eigenvalue weighted by Gasteiger charge is 2.61. The third kappa shape index (κ3) is 3.21. The molecule has 2 nitrogen and oxygen atoms in total. The molecule has 0 unspecified atom stereocenters. The highest BCUT2D eigenvalue weighted by atomic mass is 19.2. The fraction of sp³-hybridized carbons (Fsp3) is 0. The van der Waals surface area contributed by atoms with Crippen LogP contribution in [-0.4, -0.2) is 6.28 Å². The van der Waals surface area contributed by atoms with Gasteiger partial charge in [0.2, 0.25) is 0 Å². The minimum absolute atomic E-state index is 1.79. The molecule has 0 saturated carbocycles. The molecule has 0 aromatic heterocycles. The maximum absolute atomic E-state index is 14.7. The summed E-state index contributed by atoms with van der Waals surface area (Å²) in [5.74, 6) is -47.8. The minimum atomic E-state index is -6.22. The summed E-state index contributed by atoms with van der Waals surface area (Å²) >= 11 is 0. The average Bonchev–Trinajstić information content (AvgIpc) is 2.85. The van der Waals surface area contributed by atoms with Crippen molar-refractivity contribution in [3.8, 4) is 0 Å². The number of hydrogen-bond donors (Lipinski definition) is 0. The van der Waals surface area contributed by atoms with Crippen molar-refractivity contribution in [3.05, 3.63) is 92.1 Å². The van der Waals surface area contributed by atoms with Crippen molar-refractivity contribution in [2.45, 2.75) is 0 Å². The first kappa shape index (κ1) is 26.7. The molecule has 0 spiro atoms. The van der Waals surface area contributed by atoms with Crippen molar-refractivity contribution < 1.29 is 65.9 Å². The predicted molar refractivity (Wildman–Crippen MR) is 88.4 cm³/mol. The topological polar surface area (TPSA) is 28.1 Å². The Morgan fingerprint density at radius 2 is 0.444 bits per heavy atom. The van der Waals surface area contributed by atoms with Gasteiger partial charge in [-0.2, -0.15) is 4.89 Å². The lowest BCUT2D eigenvalue weighted by Crippen LogP contribution is -2.71. The minimum Gasteiger partial charge on any atom is -0.207 e. The lowest BCUT2D eigenvalue weighted by molar-refractivity contribution is 0.379. The lowest BCUT2D eigenvalue weighted by Gasteiger charge is -2.27. The molecule has 18 heteroatoms. The largest absolute Gasteiger partial charge is 0.550 e. The van der Waals surface area contributed by atoms with Crippen LogP contribution in [0.3, 0.4) is 0 Å². The van der Waals surface area contributed by atoms with Gasteiger partial charge in [-0.05, 0) is 16.4 Å². The van der Waals surface area contributed by atoms with E-state index in [0.29, 0.717) is 0 Å². The van der Waals surface area contributed by atoms with E-state index in [-0.39, 0.29) is 0 Å². The van der Waals surface area contributed by atoms with Crippen LogP contribution in [0.2, 0.25) is 0 Å². The molecule has 0 aliphatic carbocycles. The predicted octanol–water partition coefficient (Wildman–Crippen LogP) is 4.59. The average molecular weight is 540 g/mol. The van der Waals surface area contributed by atoms with Crippen molar-refractivity contribution >= 4 is 22.7 Å². The SMILES string of the molecule is N#[N+][B-](c1c(F)c(F)c(F)c(F)c1F)(c1c(F)c(F)c(F)c(F)c1F)c1c(F)c(F)c(F)c(F)c1F. The van der Waals surface area contributed by atoms with Gasteiger partial charge in [0.15, 0.2) is 52.4 Å². The van der Waals surface area contributed by atoms with Crippen LogP contribution in [0.15, 0.2) is 0 Å². The highest BCUT2D eigenvalue weighted by Crippen LogP contribution is 2.28. The number of diazo groups is 1. The van der Waals surface area contributed by atoms with Crippen LogP contribution in [0.4, 0.5) is 65.9 Å². The van der Waals surface area contributed by atoms with Gasteiger partial charge in [-0.15, -0.1) is 0 Å². The maximum Gasteiger partial charge on any atom is 0.550 e. The normalized spacial score (nSPS) is 11.7. The summed E-state index contributed by atoms with van der Waals surface area (Å²) in [6, 6.07) is 0. The smallest absolute Gasteiger partial charge is 0.207 e. The number of halogens is 15. The van der Waals surface area contributed by atoms with Crippen molar-refractivity contribution in [3.63, 3.8) is 0 Å². The Morgan fingerprint density at radius 1 is 0.306 bits per heavy atom. The molecule has 0 bridgehead atoms. The Labute approximate surface area is 187 Å². The maximum atomic E-state index is 14.7. The first-order valence-corrected chi connectivity index (χ1v) is 8.66. The van der Waals surface area contributed by atoms with E-state index in [0.717, 1.165) is 0 Å². The summed E-state index contributed by atoms with van der Waals surface area (Å²) < 4.78 is 212. The first-order valence-electron chi connectivity index (χ1n) is 8.66. The summed E-state index contributed by atoms with van der Waals surface area (Å²) in [6.45, 7) is 0. The molecule has 190 valence electrons. The van der Waals surface area contributed by atoms with Gasteiger partial charge in [0.25, 0.3) is 0 Å². The number of benzene rings is 3. The van der Waals surface area contributed by atoms with E-state index in [4.69, 9.17) is 0 Å². The van der Waals surface area contributed by atoms with Crippen molar-refractivity contribution in [2.75, 3.05) is 0 Å². The molecule has 3 aromatic rings. The quantitative estimate of drug-likeness (QED) is 0.157. The fourth-order valence-electron chi connectivity index (χ4n) is 3.57. The molecule has 0 atom stereocenters. The van der Waals surface area contributed by atoms with Crippen LogP contribution < -0.4 is 16.4 Å². The Hall–Kier alpha value is -3.91. The second-order valence-corrected chi connectivity index (χ2v) is 6.89. The standard InChI is InChI=1S/C18BF15N2/c20-4-1(5(21)11(27)16(32)10(4)26)19(36-35,2-6(22)12(28)17(33)13(29)7(2)23)3-8(24)14(30)18(34)15(31)9(3)25. The zero-order valence-electron chi connectivity index (χ0n) is 16.1. The third-order valence-electron chi connectivity index (χ3n) is 5.16. The van der Waals surface area contributed by atoms with Gasteiger partial charge in [0.1, 0.15) is 40.3 Å². The van der Waals surface area contributed by atoms with Crippen LogP contribution in [0.5, 0.6) is 0 Å². The molecular weight excluding hydrogens is 540 g/mol. The summed E-state index contributed by atoms with van der Waals surface area (Å²) in [4.78, 5) is 1.79. The Bertz CT molecular complexity index is 1260. The van der Waals surface area contributed by atoms with Gasteiger partial charge in [0.05, 0.1) is 0 Å². The highest BCUT2D eigenvalue weighted by molar-refractivity contribution is 7.13. The molecule has 0 aliphatic rings. The molecule has 0 amide bonds. The van der Waals surface area contributed by atoms with Crippen molar-refractivity contribution in [1.82, 2.24) is 0 Å². The van der Waals surface area contributed by atoms with Crippen molar-refractivity contribution in [2.24, 2.45) is 0 Å². The molecule has 0 N–H and O–H groups in total. The van der Waals surface area contributed by atoms with Crippen molar-refractivity contribution in [1.29, 1.82) is 5.39 Å². The molecule has 0 saturated heterocycles. The van der Waals surface area contributed by atoms with Crippen LogP contribution in [0, 0.1) is 92.7 Å². The fourth-order valence-corrected chi connectivity index (χ4v) is 3.57. The van der Waals surface area contributed by atoms with E-state index in [1.807, 2.05) is 0 Å². The molecule has 36 heavy (non-hydrogen) atoms. The third-order valence-corrected chi connectivity index (χ3v) is 5.16. The van der Waals surface area contributed by atoms with Gasteiger partial charge in [0, 0.05) is 0 Å². The Morgan fingerprint density at radius 3 is 0.583 bits per heavy atom. The summed E-state index contributed by atoms with van der Waals surface area (Å²) in [5.41, 5.74) is -9.04. The van der Waals surface area contributed by atoms with E-state index in [9.17, 15) is 71.2 Å². The second-order valence-electron chi connectivity index (χ2n) is 6.89. The van der Waals surface area contributed by atoms with Gasteiger partial charge < -0.3 is 0 Å². The van der Waals surface area contributed by atoms with E-state index in [1.165, 1.54) is 0 Å². The van der Waals surface area contributed by atoms with E-state index in [1.54, 1.807) is 4.89 Å². The zero-order chi connectivity index (χ0) is 27.6. The van der Waals surface area contributed by atoms with E-state index < -0.39 is 110 Å².